The van der Waals surface area contributed by atoms with Crippen LogP contribution >= 0.6 is 0 Å². The maximum atomic E-state index is 13.4. The molecule has 0 spiro atoms. The molecule has 1 atom stereocenters. The van der Waals surface area contributed by atoms with E-state index < -0.39 is 11.8 Å². The Kier molecular flexibility index (Phi) is 7.93. The highest BCUT2D eigenvalue weighted by molar-refractivity contribution is 6.20. The van der Waals surface area contributed by atoms with Gasteiger partial charge >= 0.3 is 5.97 Å². The minimum absolute atomic E-state index is 0.164. The normalized spacial score (nSPS) is 16.6. The van der Waals surface area contributed by atoms with Gasteiger partial charge in [-0.1, -0.05) is 18.7 Å². The molecular formula is C30H30O8. The van der Waals surface area contributed by atoms with Crippen molar-refractivity contribution < 1.29 is 38.3 Å². The molecular weight excluding hydrogens is 488 g/mol. The fraction of sp³-hybridized carbons (Fsp3) is 0.233. The van der Waals surface area contributed by atoms with E-state index in [-0.39, 0.29) is 18.6 Å². The van der Waals surface area contributed by atoms with Crippen LogP contribution in [0.25, 0.3) is 5.57 Å². The van der Waals surface area contributed by atoms with Crippen LogP contribution in [0.1, 0.15) is 16.7 Å². The van der Waals surface area contributed by atoms with Gasteiger partial charge in [0.15, 0.2) is 11.5 Å². The molecule has 1 aliphatic heterocycles. The molecule has 3 aromatic rings. The van der Waals surface area contributed by atoms with Gasteiger partial charge in [0.05, 0.1) is 34.0 Å². The molecule has 8 nitrogen and oxygen atoms in total. The van der Waals surface area contributed by atoms with Crippen molar-refractivity contribution in [3.8, 4) is 28.7 Å². The number of carbonyl (C=O) groups excluding carboxylic acids is 1. The average Bonchev–Trinajstić information content (AvgIpc) is 3.21. The third kappa shape index (κ3) is 5.17. The predicted molar refractivity (Wildman–Crippen MR) is 142 cm³/mol. The van der Waals surface area contributed by atoms with Crippen LogP contribution in [0.5, 0.6) is 28.7 Å². The summed E-state index contributed by atoms with van der Waals surface area (Å²) in [6, 6.07) is 17.2. The van der Waals surface area contributed by atoms with Crippen molar-refractivity contribution in [2.45, 2.75) is 12.2 Å². The molecule has 8 heteroatoms. The molecule has 1 heterocycles. The van der Waals surface area contributed by atoms with Crippen LogP contribution in [0.3, 0.4) is 0 Å². The van der Waals surface area contributed by atoms with E-state index in [2.05, 4.69) is 6.58 Å². The van der Waals surface area contributed by atoms with Crippen molar-refractivity contribution in [3.05, 3.63) is 95.6 Å². The van der Waals surface area contributed by atoms with E-state index in [0.717, 1.165) is 5.56 Å². The molecule has 198 valence electrons. The van der Waals surface area contributed by atoms with Crippen LogP contribution in [0.4, 0.5) is 0 Å². The Balaban J connectivity index is 1.90. The lowest BCUT2D eigenvalue weighted by atomic mass is 9.88. The molecule has 0 fully saturated rings. The Bertz CT molecular complexity index is 1340. The fourth-order valence-electron chi connectivity index (χ4n) is 4.34. The lowest BCUT2D eigenvalue weighted by Crippen LogP contribution is -2.29. The van der Waals surface area contributed by atoms with E-state index in [4.69, 9.17) is 28.4 Å². The molecule has 0 radical (unpaired) electrons. The molecule has 0 aliphatic carbocycles. The number of methoxy groups -OCH3 is 4. The Hall–Kier alpha value is -4.43. The highest BCUT2D eigenvalue weighted by Gasteiger charge is 2.48. The maximum absolute atomic E-state index is 13.4. The smallest absolute Gasteiger partial charge is 0.342 e. The quantitative estimate of drug-likeness (QED) is 0.289. The van der Waals surface area contributed by atoms with Crippen LogP contribution in [-0.2, 0) is 21.7 Å². The number of aliphatic hydroxyl groups is 1. The van der Waals surface area contributed by atoms with E-state index in [9.17, 15) is 9.90 Å². The van der Waals surface area contributed by atoms with Gasteiger partial charge in [0.1, 0.15) is 23.9 Å². The monoisotopic (exact) mass is 518 g/mol. The van der Waals surface area contributed by atoms with Crippen LogP contribution in [0.2, 0.25) is 0 Å². The molecule has 1 aliphatic rings. The first-order chi connectivity index (χ1) is 18.4. The van der Waals surface area contributed by atoms with Crippen LogP contribution in [-0.4, -0.2) is 46.1 Å². The van der Waals surface area contributed by atoms with Crippen LogP contribution in [0, 0.1) is 0 Å². The first kappa shape index (κ1) is 26.6. The SMILES string of the molecule is C=CCOc1cc(CC2=C(c3cc(OC)cc(OC)c3)C(=O)OC2(O)c2ccc(OC)cc2)ccc1OC. The first-order valence-corrected chi connectivity index (χ1v) is 11.8. The van der Waals surface area contributed by atoms with Crippen molar-refractivity contribution in [2.24, 2.45) is 0 Å². The first-order valence-electron chi connectivity index (χ1n) is 11.8. The molecule has 0 saturated carbocycles. The van der Waals surface area contributed by atoms with Crippen molar-refractivity contribution in [2.75, 3.05) is 35.0 Å². The number of hydrogen-bond acceptors (Lipinski definition) is 8. The highest BCUT2D eigenvalue weighted by atomic mass is 16.7. The highest BCUT2D eigenvalue weighted by Crippen LogP contribution is 2.46. The molecule has 0 saturated heterocycles. The Morgan fingerprint density at radius 2 is 1.50 bits per heavy atom. The van der Waals surface area contributed by atoms with Gasteiger partial charge in [-0.25, -0.2) is 4.79 Å². The zero-order valence-corrected chi connectivity index (χ0v) is 21.8. The molecule has 4 rings (SSSR count). The summed E-state index contributed by atoms with van der Waals surface area (Å²) in [5.41, 5.74) is 2.19. The van der Waals surface area contributed by atoms with Crippen molar-refractivity contribution in [1.82, 2.24) is 0 Å². The predicted octanol–water partition coefficient (Wildman–Crippen LogP) is 4.68. The summed E-state index contributed by atoms with van der Waals surface area (Å²) in [6.45, 7) is 3.98. The molecule has 38 heavy (non-hydrogen) atoms. The third-order valence-corrected chi connectivity index (χ3v) is 6.24. The zero-order valence-electron chi connectivity index (χ0n) is 21.8. The Labute approximate surface area is 221 Å². The minimum Gasteiger partial charge on any atom is -0.497 e. The van der Waals surface area contributed by atoms with E-state index in [1.165, 1.54) is 14.2 Å². The lowest BCUT2D eigenvalue weighted by molar-refractivity contribution is -0.185. The van der Waals surface area contributed by atoms with Gasteiger partial charge in [-0.2, -0.15) is 0 Å². The van der Waals surface area contributed by atoms with Crippen molar-refractivity contribution in [3.63, 3.8) is 0 Å². The number of ether oxygens (including phenoxy) is 6. The number of carbonyl (C=O) groups is 1. The van der Waals surface area contributed by atoms with Gasteiger partial charge in [0.25, 0.3) is 5.79 Å². The van der Waals surface area contributed by atoms with Gasteiger partial charge in [-0.05, 0) is 59.7 Å². The van der Waals surface area contributed by atoms with Gasteiger partial charge in [-0.3, -0.25) is 0 Å². The van der Waals surface area contributed by atoms with Gasteiger partial charge < -0.3 is 33.5 Å². The van der Waals surface area contributed by atoms with Crippen LogP contribution < -0.4 is 23.7 Å². The third-order valence-electron chi connectivity index (χ3n) is 6.24. The van der Waals surface area contributed by atoms with E-state index >= 15 is 0 Å². The Morgan fingerprint density at radius 1 is 0.842 bits per heavy atom. The number of esters is 1. The van der Waals surface area contributed by atoms with Crippen molar-refractivity contribution >= 4 is 11.5 Å². The summed E-state index contributed by atoms with van der Waals surface area (Å²) in [5.74, 6) is -0.0713. The number of benzene rings is 3. The molecule has 1 N–H and O–H groups in total. The van der Waals surface area contributed by atoms with Crippen LogP contribution in [0.15, 0.2) is 78.9 Å². The average molecular weight is 519 g/mol. The number of cyclic esters (lactones) is 1. The number of hydrogen-bond donors (Lipinski definition) is 1. The summed E-state index contributed by atoms with van der Waals surface area (Å²) in [5, 5.41) is 11.9. The Morgan fingerprint density at radius 3 is 2.08 bits per heavy atom. The number of rotatable bonds is 11. The fourth-order valence-corrected chi connectivity index (χ4v) is 4.34. The maximum Gasteiger partial charge on any atom is 0.342 e. The summed E-state index contributed by atoms with van der Waals surface area (Å²) < 4.78 is 33.0. The van der Waals surface area contributed by atoms with Crippen molar-refractivity contribution in [1.29, 1.82) is 0 Å². The van der Waals surface area contributed by atoms with E-state index in [0.29, 0.717) is 45.4 Å². The second-order valence-corrected chi connectivity index (χ2v) is 8.48. The molecule has 0 bridgehead atoms. The standard InChI is InChI=1S/C30H30O8/c1-6-13-37-27-15-19(7-12-26(27)36-5)14-25-28(20-16-23(34-3)18-24(17-20)35-4)29(31)38-30(25,32)21-8-10-22(33-2)11-9-21/h6-12,15-18,32H,1,13-14H2,2-5H3. The van der Waals surface area contributed by atoms with Gasteiger partial charge in [0.2, 0.25) is 0 Å². The van der Waals surface area contributed by atoms with E-state index in [1.54, 1.807) is 74.9 Å². The molecule has 3 aromatic carbocycles. The molecule has 0 amide bonds. The summed E-state index contributed by atoms with van der Waals surface area (Å²) >= 11 is 0. The molecule has 1 unspecified atom stereocenters. The minimum atomic E-state index is -2.03. The summed E-state index contributed by atoms with van der Waals surface area (Å²) in [7, 11) is 6.15. The largest absolute Gasteiger partial charge is 0.497 e. The lowest BCUT2D eigenvalue weighted by Gasteiger charge is -2.26. The second kappa shape index (κ2) is 11.3. The summed E-state index contributed by atoms with van der Waals surface area (Å²) in [4.78, 5) is 13.4. The molecule has 0 aromatic heterocycles. The zero-order chi connectivity index (χ0) is 27.3. The van der Waals surface area contributed by atoms with Gasteiger partial charge in [-0.15, -0.1) is 0 Å². The second-order valence-electron chi connectivity index (χ2n) is 8.48. The summed E-state index contributed by atoms with van der Waals surface area (Å²) in [6.07, 6.45) is 1.80. The van der Waals surface area contributed by atoms with E-state index in [1.807, 2.05) is 6.07 Å². The topological polar surface area (TPSA) is 92.7 Å². The van der Waals surface area contributed by atoms with Gasteiger partial charge in [0, 0.05) is 23.6 Å².